The van der Waals surface area contributed by atoms with E-state index < -0.39 is 0 Å². The normalized spacial score (nSPS) is 20.9. The van der Waals surface area contributed by atoms with Crippen LogP contribution in [0, 0.1) is 0 Å². The maximum absolute atomic E-state index is 11.7. The van der Waals surface area contributed by atoms with Crippen molar-refractivity contribution < 1.29 is 4.79 Å². The van der Waals surface area contributed by atoms with E-state index in [1.54, 1.807) is 11.8 Å². The van der Waals surface area contributed by atoms with E-state index in [-0.39, 0.29) is 11.9 Å². The van der Waals surface area contributed by atoms with Crippen LogP contribution in [0.1, 0.15) is 40.0 Å². The summed E-state index contributed by atoms with van der Waals surface area (Å²) in [7, 11) is 0. The van der Waals surface area contributed by atoms with E-state index in [4.69, 9.17) is 0 Å². The highest BCUT2D eigenvalue weighted by Crippen LogP contribution is 2.23. The lowest BCUT2D eigenvalue weighted by Gasteiger charge is -2.14. The zero-order chi connectivity index (χ0) is 12.7. The van der Waals surface area contributed by atoms with Gasteiger partial charge in [0.1, 0.15) is 6.04 Å². The van der Waals surface area contributed by atoms with Crippen LogP contribution in [0.4, 0.5) is 0 Å². The van der Waals surface area contributed by atoms with Crippen LogP contribution in [0.3, 0.4) is 0 Å². The minimum Gasteiger partial charge on any atom is -0.354 e. The zero-order valence-corrected chi connectivity index (χ0v) is 11.8. The third-order valence-electron chi connectivity index (χ3n) is 2.61. The highest BCUT2D eigenvalue weighted by atomic mass is 32.2. The molecule has 0 saturated carbocycles. The first kappa shape index (κ1) is 14.4. The second kappa shape index (κ2) is 7.58. The van der Waals surface area contributed by atoms with E-state index in [0.717, 1.165) is 24.7 Å². The molecule has 0 bridgehead atoms. The lowest BCUT2D eigenvalue weighted by Crippen LogP contribution is -2.44. The third kappa shape index (κ3) is 4.98. The van der Waals surface area contributed by atoms with Crippen LogP contribution in [0.25, 0.3) is 0 Å². The largest absolute Gasteiger partial charge is 0.354 e. The highest BCUT2D eigenvalue weighted by molar-refractivity contribution is 8.14. The maximum Gasteiger partial charge on any atom is 0.242 e. The molecular weight excluding hydrogens is 234 g/mol. The molecule has 2 atom stereocenters. The summed E-state index contributed by atoms with van der Waals surface area (Å²) in [5.74, 6) is 0.0501. The smallest absolute Gasteiger partial charge is 0.242 e. The Hall–Kier alpha value is -0.710. The fourth-order valence-electron chi connectivity index (χ4n) is 1.62. The van der Waals surface area contributed by atoms with E-state index in [9.17, 15) is 4.79 Å². The standard InChI is InChI=1S/C12H23N3OS/c1-4-6-10-8-14-12(17-10)15-9(3)11(16)13-7-5-2/h9-10H,4-8H2,1-3H3,(H,13,16)(H,14,15). The number of amides is 1. The molecule has 0 fully saturated rings. The Balaban J connectivity index is 2.27. The van der Waals surface area contributed by atoms with E-state index in [1.165, 1.54) is 12.8 Å². The number of hydrogen-bond donors (Lipinski definition) is 2. The van der Waals surface area contributed by atoms with Crippen molar-refractivity contribution in [2.24, 2.45) is 4.99 Å². The molecule has 1 aliphatic heterocycles. The predicted molar refractivity (Wildman–Crippen MR) is 74.5 cm³/mol. The summed E-state index contributed by atoms with van der Waals surface area (Å²) >= 11 is 1.76. The topological polar surface area (TPSA) is 53.5 Å². The van der Waals surface area contributed by atoms with E-state index in [2.05, 4.69) is 22.5 Å². The third-order valence-corrected chi connectivity index (χ3v) is 3.80. The van der Waals surface area contributed by atoms with Crippen LogP contribution in [-0.4, -0.2) is 35.5 Å². The average molecular weight is 257 g/mol. The van der Waals surface area contributed by atoms with Crippen LogP contribution in [-0.2, 0) is 4.79 Å². The molecule has 5 heteroatoms. The highest BCUT2D eigenvalue weighted by Gasteiger charge is 2.21. The molecule has 0 aliphatic carbocycles. The summed E-state index contributed by atoms with van der Waals surface area (Å²) in [4.78, 5) is 16.1. The van der Waals surface area contributed by atoms with Crippen LogP contribution in [0.5, 0.6) is 0 Å². The molecule has 0 radical (unpaired) electrons. The van der Waals surface area contributed by atoms with Crippen molar-refractivity contribution in [3.05, 3.63) is 0 Å². The minimum atomic E-state index is -0.201. The molecule has 1 aliphatic rings. The molecule has 1 heterocycles. The maximum atomic E-state index is 11.7. The molecular formula is C12H23N3OS. The van der Waals surface area contributed by atoms with Gasteiger partial charge in [0, 0.05) is 11.8 Å². The van der Waals surface area contributed by atoms with Crippen molar-refractivity contribution in [3.8, 4) is 0 Å². The first-order valence-electron chi connectivity index (χ1n) is 6.42. The quantitative estimate of drug-likeness (QED) is 0.762. The van der Waals surface area contributed by atoms with Crippen molar-refractivity contribution >= 4 is 22.8 Å². The minimum absolute atomic E-state index is 0.0501. The van der Waals surface area contributed by atoms with Crippen molar-refractivity contribution in [3.63, 3.8) is 0 Å². The van der Waals surface area contributed by atoms with E-state index >= 15 is 0 Å². The van der Waals surface area contributed by atoms with Crippen LogP contribution in [0.15, 0.2) is 4.99 Å². The molecule has 2 N–H and O–H groups in total. The van der Waals surface area contributed by atoms with Crippen LogP contribution in [0.2, 0.25) is 0 Å². The number of amidine groups is 1. The summed E-state index contributed by atoms with van der Waals surface area (Å²) in [6.07, 6.45) is 3.34. The Labute approximate surface area is 108 Å². The van der Waals surface area contributed by atoms with Gasteiger partial charge in [-0.25, -0.2) is 0 Å². The van der Waals surface area contributed by atoms with Crippen LogP contribution < -0.4 is 10.6 Å². The van der Waals surface area contributed by atoms with E-state index in [1.807, 2.05) is 13.8 Å². The van der Waals surface area contributed by atoms with Crippen molar-refractivity contribution in [1.29, 1.82) is 0 Å². The first-order chi connectivity index (χ1) is 8.17. The number of hydrogen-bond acceptors (Lipinski definition) is 4. The number of carbonyl (C=O) groups excluding carboxylic acids is 1. The van der Waals surface area contributed by atoms with Crippen molar-refractivity contribution in [2.75, 3.05) is 13.1 Å². The van der Waals surface area contributed by atoms with Gasteiger partial charge in [-0.3, -0.25) is 9.79 Å². The summed E-state index contributed by atoms with van der Waals surface area (Å²) in [5, 5.41) is 7.56. The van der Waals surface area contributed by atoms with Gasteiger partial charge in [-0.2, -0.15) is 0 Å². The number of carbonyl (C=O) groups is 1. The van der Waals surface area contributed by atoms with Crippen LogP contribution >= 0.6 is 11.8 Å². The Bertz CT molecular complexity index is 281. The fraction of sp³-hybridized carbons (Fsp3) is 0.833. The average Bonchev–Trinajstić information content (AvgIpc) is 2.74. The van der Waals surface area contributed by atoms with E-state index in [0.29, 0.717) is 5.25 Å². The van der Waals surface area contributed by atoms with Gasteiger partial charge >= 0.3 is 0 Å². The zero-order valence-electron chi connectivity index (χ0n) is 11.0. The fourth-order valence-corrected chi connectivity index (χ4v) is 2.83. The number of nitrogens with zero attached hydrogens (tertiary/aromatic N) is 1. The molecule has 1 amide bonds. The van der Waals surface area contributed by atoms with Gasteiger partial charge in [0.15, 0.2) is 5.17 Å². The predicted octanol–water partition coefficient (Wildman–Crippen LogP) is 1.76. The Kier molecular flexibility index (Phi) is 6.40. The first-order valence-corrected chi connectivity index (χ1v) is 7.30. The molecule has 0 saturated heterocycles. The Morgan fingerprint density at radius 1 is 1.53 bits per heavy atom. The lowest BCUT2D eigenvalue weighted by molar-refractivity contribution is -0.122. The van der Waals surface area contributed by atoms with Gasteiger partial charge in [0.25, 0.3) is 0 Å². The number of rotatable bonds is 6. The monoisotopic (exact) mass is 257 g/mol. The summed E-state index contributed by atoms with van der Waals surface area (Å²) in [5.41, 5.74) is 0. The molecule has 0 aromatic heterocycles. The van der Waals surface area contributed by atoms with Gasteiger partial charge in [-0.15, -0.1) is 0 Å². The van der Waals surface area contributed by atoms with Gasteiger partial charge in [0.2, 0.25) is 5.91 Å². The summed E-state index contributed by atoms with van der Waals surface area (Å²) in [6.45, 7) is 7.73. The number of aliphatic imine (C=N–C) groups is 1. The molecule has 1 rings (SSSR count). The molecule has 17 heavy (non-hydrogen) atoms. The second-order valence-electron chi connectivity index (χ2n) is 4.33. The Morgan fingerprint density at radius 2 is 2.29 bits per heavy atom. The molecule has 0 spiro atoms. The summed E-state index contributed by atoms with van der Waals surface area (Å²) in [6, 6.07) is -0.201. The van der Waals surface area contributed by atoms with Gasteiger partial charge in [0.05, 0.1) is 6.54 Å². The lowest BCUT2D eigenvalue weighted by atomic mass is 10.2. The summed E-state index contributed by atoms with van der Waals surface area (Å²) < 4.78 is 0. The molecule has 0 aromatic carbocycles. The number of thioether (sulfide) groups is 1. The van der Waals surface area contributed by atoms with Gasteiger partial charge in [-0.05, 0) is 19.8 Å². The van der Waals surface area contributed by atoms with Crippen molar-refractivity contribution in [1.82, 2.24) is 10.6 Å². The SMILES string of the molecule is CCCNC(=O)C(C)NC1=NCC(CCC)S1. The molecule has 2 unspecified atom stereocenters. The van der Waals surface area contributed by atoms with Gasteiger partial charge < -0.3 is 10.6 Å². The van der Waals surface area contributed by atoms with Crippen molar-refractivity contribution in [2.45, 2.75) is 51.3 Å². The second-order valence-corrected chi connectivity index (χ2v) is 5.62. The molecule has 4 nitrogen and oxygen atoms in total. The molecule has 0 aromatic rings. The van der Waals surface area contributed by atoms with Gasteiger partial charge in [-0.1, -0.05) is 32.0 Å². The Morgan fingerprint density at radius 3 is 2.94 bits per heavy atom. The molecule has 98 valence electrons. The number of nitrogens with one attached hydrogen (secondary N) is 2.